The Labute approximate surface area is 124 Å². The first kappa shape index (κ1) is 13.3. The van der Waals surface area contributed by atoms with Crippen molar-refractivity contribution in [2.45, 2.75) is 12.2 Å². The van der Waals surface area contributed by atoms with Gasteiger partial charge in [-0.25, -0.2) is 0 Å². The molecule has 0 fully saturated rings. The molecular formula is C19H18S. The van der Waals surface area contributed by atoms with Crippen LogP contribution in [0.4, 0.5) is 0 Å². The maximum absolute atomic E-state index is 2.31. The van der Waals surface area contributed by atoms with Crippen LogP contribution < -0.4 is 0 Å². The number of hydrogen-bond donors (Lipinski definition) is 0. The van der Waals surface area contributed by atoms with Gasteiger partial charge in [-0.15, -0.1) is 0 Å². The molecule has 0 bridgehead atoms. The molecule has 0 unspecified atom stereocenters. The molecule has 0 radical (unpaired) electrons. The van der Waals surface area contributed by atoms with Gasteiger partial charge in [-0.1, -0.05) is 72.8 Å². The number of hydrogen-bond acceptors (Lipinski definition) is 1. The van der Waals surface area contributed by atoms with Gasteiger partial charge < -0.3 is 0 Å². The Balaban J connectivity index is 1.55. The van der Waals surface area contributed by atoms with Gasteiger partial charge in [-0.3, -0.25) is 0 Å². The predicted molar refractivity (Wildman–Crippen MR) is 90.3 cm³/mol. The maximum atomic E-state index is 2.31. The third-order valence-corrected chi connectivity index (χ3v) is 4.49. The van der Waals surface area contributed by atoms with Gasteiger partial charge in [-0.05, 0) is 34.1 Å². The van der Waals surface area contributed by atoms with Crippen molar-refractivity contribution in [1.82, 2.24) is 0 Å². The lowest BCUT2D eigenvalue weighted by Crippen LogP contribution is -1.89. The van der Waals surface area contributed by atoms with Crippen LogP contribution in [0.25, 0.3) is 10.8 Å². The van der Waals surface area contributed by atoms with E-state index in [4.69, 9.17) is 0 Å². The molecule has 1 heteroatoms. The van der Waals surface area contributed by atoms with E-state index >= 15 is 0 Å². The quantitative estimate of drug-likeness (QED) is 0.569. The minimum Gasteiger partial charge on any atom is -0.157 e. The van der Waals surface area contributed by atoms with Crippen LogP contribution in [0.2, 0.25) is 0 Å². The number of benzene rings is 3. The zero-order valence-corrected chi connectivity index (χ0v) is 12.3. The highest BCUT2D eigenvalue weighted by Gasteiger charge is 1.97. The largest absolute Gasteiger partial charge is 0.157 e. The van der Waals surface area contributed by atoms with E-state index in [1.54, 1.807) is 0 Å². The second-order valence-corrected chi connectivity index (χ2v) is 6.07. The molecule has 0 nitrogen and oxygen atoms in total. The molecule has 0 saturated carbocycles. The van der Waals surface area contributed by atoms with Crippen LogP contribution in [0.5, 0.6) is 0 Å². The molecule has 100 valence electrons. The lowest BCUT2D eigenvalue weighted by Gasteiger charge is -2.04. The van der Waals surface area contributed by atoms with Crippen molar-refractivity contribution in [2.24, 2.45) is 0 Å². The second-order valence-electron chi connectivity index (χ2n) is 4.97. The summed E-state index contributed by atoms with van der Waals surface area (Å²) in [6.45, 7) is 0. The highest BCUT2D eigenvalue weighted by molar-refractivity contribution is 7.98. The van der Waals surface area contributed by atoms with Gasteiger partial charge in [0.2, 0.25) is 0 Å². The smallest absolute Gasteiger partial charge is 0.0184 e. The Morgan fingerprint density at radius 2 is 1.40 bits per heavy atom. The second kappa shape index (κ2) is 6.62. The Bertz CT molecular complexity index is 673. The zero-order valence-electron chi connectivity index (χ0n) is 11.5. The summed E-state index contributed by atoms with van der Waals surface area (Å²) in [5, 5.41) is 2.67. The molecular weight excluding hydrogens is 260 g/mol. The average molecular weight is 278 g/mol. The van der Waals surface area contributed by atoms with E-state index < -0.39 is 0 Å². The molecule has 0 aromatic heterocycles. The third-order valence-electron chi connectivity index (χ3n) is 3.46. The van der Waals surface area contributed by atoms with E-state index in [1.807, 2.05) is 11.8 Å². The molecule has 0 aliphatic carbocycles. The minimum atomic E-state index is 1.09. The predicted octanol–water partition coefficient (Wildman–Crippen LogP) is 5.32. The third kappa shape index (κ3) is 3.43. The van der Waals surface area contributed by atoms with Crippen molar-refractivity contribution in [2.75, 3.05) is 5.75 Å². The molecule has 0 aliphatic rings. The first-order valence-electron chi connectivity index (χ1n) is 7.01. The Kier molecular flexibility index (Phi) is 4.39. The first-order valence-corrected chi connectivity index (χ1v) is 8.17. The normalized spacial score (nSPS) is 10.8. The van der Waals surface area contributed by atoms with Gasteiger partial charge in [0, 0.05) is 5.75 Å². The molecule has 0 N–H and O–H groups in total. The minimum absolute atomic E-state index is 1.09. The fourth-order valence-electron chi connectivity index (χ4n) is 2.35. The van der Waals surface area contributed by atoms with Crippen LogP contribution in [0.15, 0.2) is 72.8 Å². The Hall–Kier alpha value is -1.73. The van der Waals surface area contributed by atoms with Crippen LogP contribution in [0.1, 0.15) is 11.1 Å². The summed E-state index contributed by atoms with van der Waals surface area (Å²) >= 11 is 2.01. The Morgan fingerprint density at radius 3 is 2.25 bits per heavy atom. The monoisotopic (exact) mass is 278 g/mol. The highest BCUT2D eigenvalue weighted by atomic mass is 32.2. The van der Waals surface area contributed by atoms with Gasteiger partial charge >= 0.3 is 0 Å². The molecule has 3 aromatic rings. The fraction of sp³-hybridized carbons (Fsp3) is 0.158. The molecule has 3 rings (SSSR count). The summed E-state index contributed by atoms with van der Waals surface area (Å²) in [5.41, 5.74) is 2.85. The highest BCUT2D eigenvalue weighted by Crippen LogP contribution is 2.19. The number of rotatable bonds is 5. The van der Waals surface area contributed by atoms with Gasteiger partial charge in [0.25, 0.3) is 0 Å². The van der Waals surface area contributed by atoms with E-state index in [0.29, 0.717) is 0 Å². The molecule has 0 spiro atoms. The zero-order chi connectivity index (χ0) is 13.6. The molecule has 0 saturated heterocycles. The van der Waals surface area contributed by atoms with E-state index in [-0.39, 0.29) is 0 Å². The number of fused-ring (bicyclic) bond motifs is 1. The summed E-state index contributed by atoms with van der Waals surface area (Å²) < 4.78 is 0. The summed E-state index contributed by atoms with van der Waals surface area (Å²) in [6, 6.07) is 26.1. The molecule has 0 atom stereocenters. The van der Waals surface area contributed by atoms with Crippen molar-refractivity contribution in [3.63, 3.8) is 0 Å². The first-order chi connectivity index (χ1) is 9.92. The lowest BCUT2D eigenvalue weighted by molar-refractivity contribution is 1.15. The van der Waals surface area contributed by atoms with Crippen LogP contribution in [-0.2, 0) is 12.2 Å². The van der Waals surface area contributed by atoms with E-state index in [1.165, 1.54) is 27.7 Å². The van der Waals surface area contributed by atoms with Crippen molar-refractivity contribution < 1.29 is 0 Å². The number of thioether (sulfide) groups is 1. The maximum Gasteiger partial charge on any atom is 0.0184 e. The van der Waals surface area contributed by atoms with Crippen LogP contribution in [0, 0.1) is 0 Å². The van der Waals surface area contributed by atoms with Crippen LogP contribution >= 0.6 is 11.8 Å². The van der Waals surface area contributed by atoms with Crippen LogP contribution in [0.3, 0.4) is 0 Å². The Morgan fingerprint density at radius 1 is 0.650 bits per heavy atom. The van der Waals surface area contributed by atoms with E-state index in [9.17, 15) is 0 Å². The average Bonchev–Trinajstić information content (AvgIpc) is 2.52. The SMILES string of the molecule is c1ccc(CCSCc2ccc3ccccc3c2)cc1. The lowest BCUT2D eigenvalue weighted by atomic mass is 10.1. The fourth-order valence-corrected chi connectivity index (χ4v) is 3.29. The van der Waals surface area contributed by atoms with Gasteiger partial charge in [0.05, 0.1) is 0 Å². The summed E-state index contributed by atoms with van der Waals surface area (Å²) in [7, 11) is 0. The summed E-state index contributed by atoms with van der Waals surface area (Å²) in [4.78, 5) is 0. The summed E-state index contributed by atoms with van der Waals surface area (Å²) in [5.74, 6) is 2.27. The van der Waals surface area contributed by atoms with Crippen molar-refractivity contribution in [3.05, 3.63) is 83.9 Å². The summed E-state index contributed by atoms with van der Waals surface area (Å²) in [6.07, 6.45) is 1.15. The van der Waals surface area contributed by atoms with Gasteiger partial charge in [-0.2, -0.15) is 11.8 Å². The topological polar surface area (TPSA) is 0 Å². The van der Waals surface area contributed by atoms with Crippen molar-refractivity contribution in [1.29, 1.82) is 0 Å². The van der Waals surface area contributed by atoms with Gasteiger partial charge in [0.1, 0.15) is 0 Å². The molecule has 0 aliphatic heterocycles. The molecule has 3 aromatic carbocycles. The molecule has 0 heterocycles. The van der Waals surface area contributed by atoms with Crippen molar-refractivity contribution >= 4 is 22.5 Å². The van der Waals surface area contributed by atoms with Gasteiger partial charge in [0.15, 0.2) is 0 Å². The molecule has 0 amide bonds. The van der Waals surface area contributed by atoms with E-state index in [2.05, 4.69) is 72.8 Å². The molecule has 20 heavy (non-hydrogen) atoms. The van der Waals surface area contributed by atoms with E-state index in [0.717, 1.165) is 12.2 Å². The van der Waals surface area contributed by atoms with Crippen molar-refractivity contribution in [3.8, 4) is 0 Å². The standard InChI is InChI=1S/C19H18S/c1-2-6-16(7-3-1)12-13-20-15-17-10-11-18-8-4-5-9-19(18)14-17/h1-11,14H,12-13,15H2. The van der Waals surface area contributed by atoms with Crippen LogP contribution in [-0.4, -0.2) is 5.75 Å². The number of aryl methyl sites for hydroxylation is 1.